The summed E-state index contributed by atoms with van der Waals surface area (Å²) < 4.78 is 0. The van der Waals surface area contributed by atoms with Crippen LogP contribution in [-0.4, -0.2) is 29.1 Å². The van der Waals surface area contributed by atoms with Crippen molar-refractivity contribution in [2.24, 2.45) is 16.7 Å². The van der Waals surface area contributed by atoms with Crippen LogP contribution in [0.4, 0.5) is 0 Å². The van der Waals surface area contributed by atoms with Crippen molar-refractivity contribution < 1.29 is 4.79 Å². The van der Waals surface area contributed by atoms with Gasteiger partial charge in [0, 0.05) is 6.04 Å². The van der Waals surface area contributed by atoms with E-state index in [0.717, 1.165) is 0 Å². The first kappa shape index (κ1) is 12.9. The van der Waals surface area contributed by atoms with Crippen LogP contribution in [0.2, 0.25) is 0 Å². The Morgan fingerprint density at radius 3 is 2.00 bits per heavy atom. The molecule has 2 atom stereocenters. The van der Waals surface area contributed by atoms with Crippen molar-refractivity contribution in [1.82, 2.24) is 10.2 Å². The fourth-order valence-corrected chi connectivity index (χ4v) is 3.43. The molecule has 3 nitrogen and oxygen atoms in total. The average Bonchev–Trinajstić information content (AvgIpc) is 2.46. The Hall–Kier alpha value is -0.570. The Bertz CT molecular complexity index is 332. The van der Waals surface area contributed by atoms with Crippen molar-refractivity contribution in [3.05, 3.63) is 0 Å². The van der Waals surface area contributed by atoms with Gasteiger partial charge in [0.05, 0.1) is 12.2 Å². The molecule has 3 heteroatoms. The number of nitrogens with zero attached hydrogens (tertiary/aromatic N) is 1. The predicted molar refractivity (Wildman–Crippen MR) is 69.4 cm³/mol. The summed E-state index contributed by atoms with van der Waals surface area (Å²) in [6.07, 6.45) is 0.198. The van der Waals surface area contributed by atoms with Crippen LogP contribution in [0.15, 0.2) is 0 Å². The van der Waals surface area contributed by atoms with E-state index in [4.69, 9.17) is 0 Å². The van der Waals surface area contributed by atoms with Crippen LogP contribution in [0, 0.1) is 16.7 Å². The highest BCUT2D eigenvalue weighted by Gasteiger charge is 2.70. The Morgan fingerprint density at radius 2 is 1.65 bits per heavy atom. The zero-order valence-electron chi connectivity index (χ0n) is 12.2. The molecule has 2 aliphatic rings. The molecular formula is C14H26N2O. The second-order valence-electron chi connectivity index (χ2n) is 7.17. The van der Waals surface area contributed by atoms with E-state index in [0.29, 0.717) is 12.0 Å². The molecule has 2 rings (SSSR count). The van der Waals surface area contributed by atoms with E-state index in [1.54, 1.807) is 0 Å². The van der Waals surface area contributed by atoms with E-state index in [1.807, 2.05) is 6.92 Å². The van der Waals surface area contributed by atoms with Crippen LogP contribution >= 0.6 is 0 Å². The molecule has 1 heterocycles. The highest BCUT2D eigenvalue weighted by Crippen LogP contribution is 2.66. The van der Waals surface area contributed by atoms with Crippen LogP contribution in [0.1, 0.15) is 48.5 Å². The van der Waals surface area contributed by atoms with Crippen molar-refractivity contribution >= 4 is 5.91 Å². The summed E-state index contributed by atoms with van der Waals surface area (Å²) in [5, 5.41) is 3.43. The lowest BCUT2D eigenvalue weighted by molar-refractivity contribution is -0.131. The number of amides is 1. The number of carbonyl (C=O) groups excluding carboxylic acids is 1. The topological polar surface area (TPSA) is 32.3 Å². The maximum Gasteiger partial charge on any atom is 0.241 e. The monoisotopic (exact) mass is 238 g/mol. The van der Waals surface area contributed by atoms with Gasteiger partial charge in [-0.15, -0.1) is 0 Å². The van der Waals surface area contributed by atoms with Crippen LogP contribution in [0.25, 0.3) is 0 Å². The number of rotatable bonds is 2. The van der Waals surface area contributed by atoms with E-state index in [-0.39, 0.29) is 28.9 Å². The van der Waals surface area contributed by atoms with Crippen molar-refractivity contribution in [2.75, 3.05) is 0 Å². The van der Waals surface area contributed by atoms with Crippen LogP contribution < -0.4 is 5.32 Å². The fourth-order valence-electron chi connectivity index (χ4n) is 3.43. The quantitative estimate of drug-likeness (QED) is 0.800. The van der Waals surface area contributed by atoms with Crippen LogP contribution in [0.3, 0.4) is 0 Å². The first-order valence-electron chi connectivity index (χ1n) is 6.70. The summed E-state index contributed by atoms with van der Waals surface area (Å²) in [4.78, 5) is 14.5. The highest BCUT2D eigenvalue weighted by atomic mass is 16.2. The van der Waals surface area contributed by atoms with Crippen LogP contribution in [0.5, 0.6) is 0 Å². The molecular weight excluding hydrogens is 212 g/mol. The van der Waals surface area contributed by atoms with E-state index < -0.39 is 0 Å². The van der Waals surface area contributed by atoms with Gasteiger partial charge in [0.25, 0.3) is 0 Å². The van der Waals surface area contributed by atoms with Gasteiger partial charge in [0.1, 0.15) is 0 Å². The summed E-state index contributed by atoms with van der Waals surface area (Å²) >= 11 is 0. The van der Waals surface area contributed by atoms with Crippen molar-refractivity contribution in [1.29, 1.82) is 0 Å². The zero-order valence-corrected chi connectivity index (χ0v) is 12.2. The second-order valence-corrected chi connectivity index (χ2v) is 7.17. The van der Waals surface area contributed by atoms with Gasteiger partial charge < -0.3 is 4.90 Å². The van der Waals surface area contributed by atoms with E-state index in [9.17, 15) is 4.79 Å². The number of hydrogen-bond acceptors (Lipinski definition) is 2. The highest BCUT2D eigenvalue weighted by molar-refractivity contribution is 5.85. The predicted octanol–water partition coefficient (Wildman–Crippen LogP) is 2.22. The van der Waals surface area contributed by atoms with E-state index >= 15 is 0 Å². The molecule has 2 fully saturated rings. The van der Waals surface area contributed by atoms with Crippen molar-refractivity contribution in [2.45, 2.75) is 66.7 Å². The Kier molecular flexibility index (Phi) is 2.63. The number of carbonyl (C=O) groups is 1. The fraction of sp³-hybridized carbons (Fsp3) is 0.929. The second kappa shape index (κ2) is 3.47. The summed E-state index contributed by atoms with van der Waals surface area (Å²) in [6, 6.07) is 0.335. The summed E-state index contributed by atoms with van der Waals surface area (Å²) in [5.41, 5.74) is 0.448. The normalized spacial score (nSPS) is 35.8. The van der Waals surface area contributed by atoms with Gasteiger partial charge in [0.2, 0.25) is 5.91 Å². The standard InChI is InChI=1S/C14H26N2O/c1-8(2)10-15-9(3)11(17)16(10)12-13(4,5)14(12,6)7/h8-10,12,15H,1-7H3. The summed E-state index contributed by atoms with van der Waals surface area (Å²) in [7, 11) is 0. The molecule has 0 radical (unpaired) electrons. The summed E-state index contributed by atoms with van der Waals surface area (Å²) in [5.74, 6) is 0.725. The molecule has 0 aromatic rings. The van der Waals surface area contributed by atoms with E-state index in [1.165, 1.54) is 0 Å². The van der Waals surface area contributed by atoms with Crippen LogP contribution in [-0.2, 0) is 4.79 Å². The molecule has 1 aliphatic heterocycles. The molecule has 98 valence electrons. The largest absolute Gasteiger partial charge is 0.321 e. The minimum Gasteiger partial charge on any atom is -0.321 e. The lowest BCUT2D eigenvalue weighted by atomic mass is 10.0. The third-order valence-corrected chi connectivity index (χ3v) is 5.20. The molecule has 17 heavy (non-hydrogen) atoms. The van der Waals surface area contributed by atoms with Gasteiger partial charge in [-0.3, -0.25) is 10.1 Å². The molecule has 0 aromatic carbocycles. The van der Waals surface area contributed by atoms with Gasteiger partial charge in [-0.1, -0.05) is 41.5 Å². The molecule has 1 saturated heterocycles. The molecule has 1 aliphatic carbocycles. The first-order chi connectivity index (χ1) is 7.62. The lowest BCUT2D eigenvalue weighted by Crippen LogP contribution is -2.44. The molecule has 1 saturated carbocycles. The number of hydrogen-bond donors (Lipinski definition) is 1. The SMILES string of the molecule is CC1NC(C(C)C)N(C2C(C)(C)C2(C)C)C1=O. The van der Waals surface area contributed by atoms with Gasteiger partial charge in [-0.05, 0) is 23.7 Å². The van der Waals surface area contributed by atoms with Gasteiger partial charge >= 0.3 is 0 Å². The Morgan fingerprint density at radius 1 is 1.18 bits per heavy atom. The Labute approximate surface area is 105 Å². The molecule has 0 bridgehead atoms. The average molecular weight is 238 g/mol. The first-order valence-corrected chi connectivity index (χ1v) is 6.70. The Balaban J connectivity index is 2.28. The van der Waals surface area contributed by atoms with E-state index in [2.05, 4.69) is 51.8 Å². The third kappa shape index (κ3) is 1.55. The molecule has 2 unspecified atom stereocenters. The van der Waals surface area contributed by atoms with Gasteiger partial charge in [-0.25, -0.2) is 0 Å². The van der Waals surface area contributed by atoms with Gasteiger partial charge in [0.15, 0.2) is 0 Å². The molecule has 0 aromatic heterocycles. The van der Waals surface area contributed by atoms with Crippen molar-refractivity contribution in [3.8, 4) is 0 Å². The smallest absolute Gasteiger partial charge is 0.241 e. The minimum absolute atomic E-state index is 0.0328. The third-order valence-electron chi connectivity index (χ3n) is 5.20. The van der Waals surface area contributed by atoms with Gasteiger partial charge in [-0.2, -0.15) is 0 Å². The molecule has 1 N–H and O–H groups in total. The summed E-state index contributed by atoms with van der Waals surface area (Å²) in [6.45, 7) is 15.4. The molecule has 1 amide bonds. The lowest BCUT2D eigenvalue weighted by Gasteiger charge is -2.29. The zero-order chi connectivity index (χ0) is 13.2. The molecule has 0 spiro atoms. The minimum atomic E-state index is -0.0328. The number of nitrogens with one attached hydrogen (secondary N) is 1. The maximum absolute atomic E-state index is 12.3. The maximum atomic E-state index is 12.3. The van der Waals surface area contributed by atoms with Crippen molar-refractivity contribution in [3.63, 3.8) is 0 Å².